The highest BCUT2D eigenvalue weighted by Gasteiger charge is 2.16. The largest absolute Gasteiger partial charge is 0.462 e. The predicted octanol–water partition coefficient (Wildman–Crippen LogP) is 3.83. The summed E-state index contributed by atoms with van der Waals surface area (Å²) in [5, 5.41) is 5.83. The third-order valence-electron chi connectivity index (χ3n) is 4.13. The van der Waals surface area contributed by atoms with Crippen molar-refractivity contribution in [3.8, 4) is 0 Å². The van der Waals surface area contributed by atoms with Gasteiger partial charge in [0.1, 0.15) is 5.69 Å². The Hall–Kier alpha value is -3.74. The number of anilines is 2. The smallest absolute Gasteiger partial charge is 0.340 e. The number of carbonyl (C=O) groups excluding carboxylic acids is 2. The van der Waals surface area contributed by atoms with Crippen molar-refractivity contribution in [1.82, 2.24) is 9.97 Å². The molecule has 148 valence electrons. The van der Waals surface area contributed by atoms with Gasteiger partial charge in [0, 0.05) is 12.7 Å². The molecule has 0 saturated carbocycles. The van der Waals surface area contributed by atoms with Crippen molar-refractivity contribution in [3.05, 3.63) is 83.2 Å². The molecule has 2 aromatic carbocycles. The molecule has 29 heavy (non-hydrogen) atoms. The average Bonchev–Trinajstić information content (AvgIpc) is 2.74. The second kappa shape index (κ2) is 9.45. The van der Waals surface area contributed by atoms with Crippen LogP contribution in [0.3, 0.4) is 0 Å². The number of carbonyl (C=O) groups is 2. The minimum Gasteiger partial charge on any atom is -0.462 e. The van der Waals surface area contributed by atoms with Crippen molar-refractivity contribution >= 4 is 23.5 Å². The highest BCUT2D eigenvalue weighted by molar-refractivity contribution is 6.07. The molecule has 0 bridgehead atoms. The second-order valence-electron chi connectivity index (χ2n) is 6.32. The lowest BCUT2D eigenvalue weighted by Gasteiger charge is -2.11. The topological polar surface area (TPSA) is 93.2 Å². The molecule has 7 heteroatoms. The van der Waals surface area contributed by atoms with Gasteiger partial charge < -0.3 is 15.4 Å². The van der Waals surface area contributed by atoms with E-state index in [2.05, 4.69) is 20.6 Å². The summed E-state index contributed by atoms with van der Waals surface area (Å²) in [6.45, 7) is 4.55. The van der Waals surface area contributed by atoms with E-state index in [1.807, 2.05) is 31.2 Å². The summed E-state index contributed by atoms with van der Waals surface area (Å²) in [5.74, 6) is -0.592. The fourth-order valence-corrected chi connectivity index (χ4v) is 2.62. The van der Waals surface area contributed by atoms with Gasteiger partial charge in [-0.15, -0.1) is 0 Å². The molecular formula is C22H22N4O3. The van der Waals surface area contributed by atoms with Gasteiger partial charge in [0.15, 0.2) is 0 Å². The molecular weight excluding hydrogens is 368 g/mol. The number of rotatable bonds is 7. The first-order chi connectivity index (χ1) is 14.1. The fraction of sp³-hybridized carbons (Fsp3) is 0.182. The Morgan fingerprint density at radius 3 is 2.55 bits per heavy atom. The van der Waals surface area contributed by atoms with Gasteiger partial charge in [0.2, 0.25) is 5.95 Å². The van der Waals surface area contributed by atoms with Crippen LogP contribution in [-0.2, 0) is 11.3 Å². The maximum atomic E-state index is 12.6. The second-order valence-corrected chi connectivity index (χ2v) is 6.32. The highest BCUT2D eigenvalue weighted by atomic mass is 16.5. The maximum absolute atomic E-state index is 12.6. The number of aryl methyl sites for hydroxylation is 1. The number of ether oxygens (including phenoxy) is 1. The lowest BCUT2D eigenvalue weighted by molar-refractivity contribution is 0.0527. The zero-order valence-corrected chi connectivity index (χ0v) is 16.3. The number of hydrogen-bond acceptors (Lipinski definition) is 6. The van der Waals surface area contributed by atoms with Crippen LogP contribution >= 0.6 is 0 Å². The van der Waals surface area contributed by atoms with Gasteiger partial charge in [-0.3, -0.25) is 4.79 Å². The van der Waals surface area contributed by atoms with Crippen molar-refractivity contribution in [3.63, 3.8) is 0 Å². The van der Waals surface area contributed by atoms with E-state index in [4.69, 9.17) is 4.74 Å². The molecule has 1 amide bonds. The number of nitrogens with zero attached hydrogens (tertiary/aromatic N) is 2. The van der Waals surface area contributed by atoms with E-state index in [1.165, 1.54) is 17.8 Å². The van der Waals surface area contributed by atoms with Crippen molar-refractivity contribution in [2.75, 3.05) is 17.2 Å². The first kappa shape index (κ1) is 20.0. The summed E-state index contributed by atoms with van der Waals surface area (Å²) in [7, 11) is 0. The normalized spacial score (nSPS) is 10.3. The van der Waals surface area contributed by atoms with Crippen LogP contribution in [0.5, 0.6) is 0 Å². The quantitative estimate of drug-likeness (QED) is 0.596. The molecule has 0 fully saturated rings. The molecule has 3 rings (SSSR count). The van der Waals surface area contributed by atoms with E-state index in [1.54, 1.807) is 31.2 Å². The SMILES string of the molecule is CCOC(=O)c1ccccc1NC(=O)c1ccnc(NCc2ccc(C)cc2)n1. The van der Waals surface area contributed by atoms with E-state index >= 15 is 0 Å². The first-order valence-electron chi connectivity index (χ1n) is 9.27. The van der Waals surface area contributed by atoms with Crippen LogP contribution in [0.15, 0.2) is 60.8 Å². The van der Waals surface area contributed by atoms with Crippen LogP contribution in [0.25, 0.3) is 0 Å². The summed E-state index contributed by atoms with van der Waals surface area (Å²) in [5.41, 5.74) is 3.10. The number of esters is 1. The minimum absolute atomic E-state index is 0.185. The van der Waals surface area contributed by atoms with Crippen LogP contribution in [-0.4, -0.2) is 28.5 Å². The van der Waals surface area contributed by atoms with Crippen molar-refractivity contribution in [2.24, 2.45) is 0 Å². The Morgan fingerprint density at radius 1 is 1.03 bits per heavy atom. The van der Waals surface area contributed by atoms with Gasteiger partial charge in [-0.2, -0.15) is 0 Å². The van der Waals surface area contributed by atoms with Crippen LogP contribution in [0, 0.1) is 6.92 Å². The van der Waals surface area contributed by atoms with Gasteiger partial charge in [-0.25, -0.2) is 14.8 Å². The average molecular weight is 390 g/mol. The molecule has 0 aliphatic rings. The van der Waals surface area contributed by atoms with E-state index < -0.39 is 11.9 Å². The van der Waals surface area contributed by atoms with Crippen molar-refractivity contribution < 1.29 is 14.3 Å². The number of amides is 1. The van der Waals surface area contributed by atoms with Gasteiger partial charge in [-0.1, -0.05) is 42.0 Å². The Kier molecular flexibility index (Phi) is 6.52. The number of nitrogens with one attached hydrogen (secondary N) is 2. The molecule has 0 aliphatic carbocycles. The monoisotopic (exact) mass is 390 g/mol. The summed E-state index contributed by atoms with van der Waals surface area (Å²) in [4.78, 5) is 33.1. The lowest BCUT2D eigenvalue weighted by Crippen LogP contribution is -2.18. The first-order valence-corrected chi connectivity index (χ1v) is 9.27. The Balaban J connectivity index is 1.70. The molecule has 2 N–H and O–H groups in total. The fourth-order valence-electron chi connectivity index (χ4n) is 2.62. The Bertz CT molecular complexity index is 1000. The molecule has 0 unspecified atom stereocenters. The lowest BCUT2D eigenvalue weighted by atomic mass is 10.1. The number of aromatic nitrogens is 2. The van der Waals surface area contributed by atoms with E-state index in [9.17, 15) is 9.59 Å². The standard InChI is InChI=1S/C22H22N4O3/c1-3-29-21(28)17-6-4-5-7-18(17)25-20(27)19-12-13-23-22(26-19)24-14-16-10-8-15(2)9-11-16/h4-13H,3,14H2,1-2H3,(H,25,27)(H,23,24,26). The molecule has 0 radical (unpaired) electrons. The summed E-state index contributed by atoms with van der Waals surface area (Å²) >= 11 is 0. The third kappa shape index (κ3) is 5.38. The van der Waals surface area contributed by atoms with Gasteiger partial charge in [0.25, 0.3) is 5.91 Å². The van der Waals surface area contributed by atoms with Crippen molar-refractivity contribution in [1.29, 1.82) is 0 Å². The van der Waals surface area contributed by atoms with Crippen LogP contribution in [0.1, 0.15) is 38.9 Å². The summed E-state index contributed by atoms with van der Waals surface area (Å²) < 4.78 is 5.03. The maximum Gasteiger partial charge on any atom is 0.340 e. The van der Waals surface area contributed by atoms with E-state index in [0.29, 0.717) is 18.2 Å². The zero-order valence-electron chi connectivity index (χ0n) is 16.3. The van der Waals surface area contributed by atoms with Crippen LogP contribution < -0.4 is 10.6 Å². The van der Waals surface area contributed by atoms with E-state index in [0.717, 1.165) is 5.56 Å². The number of benzene rings is 2. The molecule has 0 saturated heterocycles. The number of hydrogen-bond donors (Lipinski definition) is 2. The van der Waals surface area contributed by atoms with E-state index in [-0.39, 0.29) is 17.9 Å². The zero-order chi connectivity index (χ0) is 20.6. The number of para-hydroxylation sites is 1. The third-order valence-corrected chi connectivity index (χ3v) is 4.13. The van der Waals surface area contributed by atoms with Gasteiger partial charge in [0.05, 0.1) is 17.9 Å². The molecule has 1 aromatic heterocycles. The van der Waals surface area contributed by atoms with Crippen LogP contribution in [0.2, 0.25) is 0 Å². The molecule has 1 heterocycles. The molecule has 0 aliphatic heterocycles. The minimum atomic E-state index is -0.494. The van der Waals surface area contributed by atoms with Gasteiger partial charge >= 0.3 is 5.97 Å². The summed E-state index contributed by atoms with van der Waals surface area (Å²) in [6, 6.07) is 16.3. The van der Waals surface area contributed by atoms with Gasteiger partial charge in [-0.05, 0) is 37.6 Å². The van der Waals surface area contributed by atoms with Crippen LogP contribution in [0.4, 0.5) is 11.6 Å². The summed E-state index contributed by atoms with van der Waals surface area (Å²) in [6.07, 6.45) is 1.51. The van der Waals surface area contributed by atoms with Crippen molar-refractivity contribution in [2.45, 2.75) is 20.4 Å². The Labute approximate surface area is 169 Å². The molecule has 3 aromatic rings. The molecule has 7 nitrogen and oxygen atoms in total. The highest BCUT2D eigenvalue weighted by Crippen LogP contribution is 2.17. The molecule has 0 atom stereocenters. The Morgan fingerprint density at radius 2 is 1.79 bits per heavy atom. The predicted molar refractivity (Wildman–Crippen MR) is 111 cm³/mol. The molecule has 0 spiro atoms.